The molecule has 8 heteroatoms. The summed E-state index contributed by atoms with van der Waals surface area (Å²) in [5.74, 6) is -0.285. The van der Waals surface area contributed by atoms with Crippen molar-refractivity contribution in [2.75, 3.05) is 19.7 Å². The van der Waals surface area contributed by atoms with E-state index in [1.165, 1.54) is 0 Å². The molecular formula is C23H27ClN2O5. The number of amides is 2. The molecule has 31 heavy (non-hydrogen) atoms. The molecule has 0 spiro atoms. The van der Waals surface area contributed by atoms with Crippen molar-refractivity contribution < 1.29 is 18.7 Å². The van der Waals surface area contributed by atoms with Gasteiger partial charge in [0.2, 0.25) is 11.8 Å². The van der Waals surface area contributed by atoms with E-state index in [1.54, 1.807) is 24.0 Å². The van der Waals surface area contributed by atoms with Gasteiger partial charge in [-0.15, -0.1) is 0 Å². The van der Waals surface area contributed by atoms with Gasteiger partial charge in [-0.3, -0.25) is 9.59 Å². The predicted molar refractivity (Wildman–Crippen MR) is 119 cm³/mol. The number of likely N-dealkylation sites (tertiary alicyclic amines) is 1. The second-order valence-corrected chi connectivity index (χ2v) is 8.51. The molecule has 0 unspecified atom stereocenters. The van der Waals surface area contributed by atoms with Gasteiger partial charge >= 0.3 is 5.63 Å². The fourth-order valence-electron chi connectivity index (χ4n) is 3.68. The lowest BCUT2D eigenvalue weighted by Crippen LogP contribution is -2.42. The van der Waals surface area contributed by atoms with E-state index in [4.69, 9.17) is 26.5 Å². The van der Waals surface area contributed by atoms with Gasteiger partial charge in [0.25, 0.3) is 0 Å². The third-order valence-electron chi connectivity index (χ3n) is 5.65. The molecule has 3 rings (SSSR count). The van der Waals surface area contributed by atoms with E-state index < -0.39 is 5.63 Å². The first-order valence-corrected chi connectivity index (χ1v) is 10.6. The minimum absolute atomic E-state index is 0.0677. The number of halogens is 1. The third-order valence-corrected chi connectivity index (χ3v) is 5.94. The molecule has 1 aromatic heterocycles. The van der Waals surface area contributed by atoms with E-state index in [-0.39, 0.29) is 24.2 Å². The summed E-state index contributed by atoms with van der Waals surface area (Å²) in [5.41, 5.74) is 7.24. The van der Waals surface area contributed by atoms with E-state index in [2.05, 4.69) is 0 Å². The maximum Gasteiger partial charge on any atom is 0.340 e. The number of ether oxygens (including phenoxy) is 1. The maximum atomic E-state index is 12.8. The van der Waals surface area contributed by atoms with Crippen molar-refractivity contribution in [3.8, 4) is 5.75 Å². The Morgan fingerprint density at radius 1 is 1.29 bits per heavy atom. The number of allylic oxidation sites excluding steroid dienone is 1. The molecule has 0 bridgehead atoms. The Kier molecular flexibility index (Phi) is 7.05. The normalized spacial score (nSPS) is 14.5. The Bertz CT molecular complexity index is 1090. The number of rotatable bonds is 6. The summed E-state index contributed by atoms with van der Waals surface area (Å²) >= 11 is 6.37. The average molecular weight is 447 g/mol. The van der Waals surface area contributed by atoms with E-state index in [1.807, 2.05) is 19.9 Å². The quantitative estimate of drug-likeness (QED) is 0.541. The summed E-state index contributed by atoms with van der Waals surface area (Å²) in [5, 5.41) is 1.06. The monoisotopic (exact) mass is 446 g/mol. The van der Waals surface area contributed by atoms with Crippen LogP contribution in [0.3, 0.4) is 0 Å². The molecule has 0 saturated carbocycles. The number of hydrogen-bond donors (Lipinski definition) is 1. The molecule has 166 valence electrons. The van der Waals surface area contributed by atoms with Crippen LogP contribution >= 0.6 is 11.6 Å². The number of nitrogens with zero attached hydrogens (tertiary/aromatic N) is 1. The van der Waals surface area contributed by atoms with Gasteiger partial charge in [-0.25, -0.2) is 4.79 Å². The summed E-state index contributed by atoms with van der Waals surface area (Å²) in [7, 11) is 0. The molecular weight excluding hydrogens is 420 g/mol. The fourth-order valence-corrected chi connectivity index (χ4v) is 3.90. The highest BCUT2D eigenvalue weighted by molar-refractivity contribution is 6.32. The van der Waals surface area contributed by atoms with Gasteiger partial charge in [0, 0.05) is 30.5 Å². The molecule has 1 aromatic carbocycles. The summed E-state index contributed by atoms with van der Waals surface area (Å²) in [6.45, 7) is 6.97. The van der Waals surface area contributed by atoms with Gasteiger partial charge in [-0.05, 0) is 51.3 Å². The molecule has 1 aliphatic rings. The topological polar surface area (TPSA) is 103 Å². The Balaban J connectivity index is 1.82. The van der Waals surface area contributed by atoms with Crippen molar-refractivity contribution in [1.82, 2.24) is 4.90 Å². The molecule has 0 aliphatic carbocycles. The number of nitrogens with two attached hydrogens (primary N) is 1. The highest BCUT2D eigenvalue weighted by atomic mass is 35.5. The highest BCUT2D eigenvalue weighted by Crippen LogP contribution is 2.32. The smallest absolute Gasteiger partial charge is 0.340 e. The number of carbonyl (C=O) groups is 2. The van der Waals surface area contributed by atoms with Crippen LogP contribution in [0.4, 0.5) is 0 Å². The van der Waals surface area contributed by atoms with E-state index in [9.17, 15) is 14.4 Å². The molecule has 7 nitrogen and oxygen atoms in total. The Labute approximate surface area is 185 Å². The first kappa shape index (κ1) is 22.9. The lowest BCUT2D eigenvalue weighted by Gasteiger charge is -2.30. The highest BCUT2D eigenvalue weighted by Gasteiger charge is 2.27. The van der Waals surface area contributed by atoms with Crippen LogP contribution < -0.4 is 16.1 Å². The van der Waals surface area contributed by atoms with Gasteiger partial charge in [0.15, 0.2) is 0 Å². The number of aryl methyl sites for hydroxylation is 1. The lowest BCUT2D eigenvalue weighted by atomic mass is 9.95. The van der Waals surface area contributed by atoms with Crippen molar-refractivity contribution in [1.29, 1.82) is 0 Å². The first-order valence-electron chi connectivity index (χ1n) is 10.3. The van der Waals surface area contributed by atoms with Crippen LogP contribution in [0.25, 0.3) is 11.0 Å². The zero-order valence-electron chi connectivity index (χ0n) is 18.0. The van der Waals surface area contributed by atoms with Gasteiger partial charge in [0.05, 0.1) is 17.0 Å². The Hall–Kier alpha value is -2.80. The maximum absolute atomic E-state index is 12.8. The zero-order chi connectivity index (χ0) is 22.7. The zero-order valence-corrected chi connectivity index (χ0v) is 18.8. The fraction of sp³-hybridized carbons (Fsp3) is 0.435. The second-order valence-electron chi connectivity index (χ2n) is 8.10. The van der Waals surface area contributed by atoms with Crippen LogP contribution in [0.5, 0.6) is 5.75 Å². The van der Waals surface area contributed by atoms with Gasteiger partial charge in [-0.1, -0.05) is 17.2 Å². The number of hydrogen-bond acceptors (Lipinski definition) is 5. The Morgan fingerprint density at radius 2 is 1.97 bits per heavy atom. The molecule has 1 fully saturated rings. The molecule has 1 aliphatic heterocycles. The van der Waals surface area contributed by atoms with Crippen LogP contribution in [0.2, 0.25) is 5.02 Å². The third kappa shape index (κ3) is 5.28. The van der Waals surface area contributed by atoms with Crippen molar-refractivity contribution in [2.45, 2.75) is 40.0 Å². The predicted octanol–water partition coefficient (Wildman–Crippen LogP) is 3.37. The van der Waals surface area contributed by atoms with E-state index in [0.29, 0.717) is 65.4 Å². The number of carbonyl (C=O) groups excluding carboxylic acids is 2. The van der Waals surface area contributed by atoms with Gasteiger partial charge in [-0.2, -0.15) is 0 Å². The van der Waals surface area contributed by atoms with Crippen LogP contribution in [-0.4, -0.2) is 36.4 Å². The van der Waals surface area contributed by atoms with Crippen molar-refractivity contribution in [2.24, 2.45) is 11.7 Å². The van der Waals surface area contributed by atoms with Crippen LogP contribution in [0.1, 0.15) is 37.8 Å². The van der Waals surface area contributed by atoms with Crippen LogP contribution in [-0.2, 0) is 16.0 Å². The van der Waals surface area contributed by atoms with E-state index in [0.717, 1.165) is 5.57 Å². The molecule has 0 atom stereocenters. The lowest BCUT2D eigenvalue weighted by molar-refractivity contribution is -0.134. The van der Waals surface area contributed by atoms with Crippen molar-refractivity contribution >= 4 is 34.4 Å². The van der Waals surface area contributed by atoms with Crippen LogP contribution in [0, 0.1) is 12.8 Å². The number of fused-ring (bicyclic) bond motifs is 1. The summed E-state index contributed by atoms with van der Waals surface area (Å²) in [4.78, 5) is 38.4. The molecule has 2 N–H and O–H groups in total. The summed E-state index contributed by atoms with van der Waals surface area (Å²) in [6.07, 6.45) is 2.93. The van der Waals surface area contributed by atoms with E-state index >= 15 is 0 Å². The first-order chi connectivity index (χ1) is 14.7. The SMILES string of the molecule is CC(C)=CCOc1cc2oc(=O)c(CC(=O)N3CCC(C(N)=O)CC3)c(C)c2cc1Cl. The standard InChI is InChI=1S/C23H27ClN2O5/c1-13(2)6-9-30-20-12-19-16(10-18(20)24)14(3)17(23(29)31-19)11-21(27)26-7-4-15(5-8-26)22(25)28/h6,10,12,15H,4-5,7-9,11H2,1-3H3,(H2,25,28). The molecule has 2 aromatic rings. The largest absolute Gasteiger partial charge is 0.488 e. The number of benzene rings is 1. The summed E-state index contributed by atoms with van der Waals surface area (Å²) in [6, 6.07) is 3.30. The molecule has 1 saturated heterocycles. The number of piperidine rings is 1. The molecule has 2 heterocycles. The average Bonchev–Trinajstić information content (AvgIpc) is 2.72. The molecule has 2 amide bonds. The second kappa shape index (κ2) is 9.56. The Morgan fingerprint density at radius 3 is 2.58 bits per heavy atom. The molecule has 0 radical (unpaired) electrons. The summed E-state index contributed by atoms with van der Waals surface area (Å²) < 4.78 is 11.2. The van der Waals surface area contributed by atoms with Gasteiger partial charge in [0.1, 0.15) is 17.9 Å². The van der Waals surface area contributed by atoms with Crippen molar-refractivity contribution in [3.05, 3.63) is 50.4 Å². The minimum atomic E-state index is -0.553. The van der Waals surface area contributed by atoms with Crippen molar-refractivity contribution in [3.63, 3.8) is 0 Å². The minimum Gasteiger partial charge on any atom is -0.488 e. The van der Waals surface area contributed by atoms with Gasteiger partial charge < -0.3 is 19.8 Å². The van der Waals surface area contributed by atoms with Crippen LogP contribution in [0.15, 0.2) is 33.0 Å². The number of primary amides is 1.